The Labute approximate surface area is 127 Å². The molecular weight excluding hydrogens is 289 g/mol. The quantitative estimate of drug-likeness (QED) is 0.750. The van der Waals surface area contributed by atoms with Gasteiger partial charge in [0, 0.05) is 31.0 Å². The van der Waals surface area contributed by atoms with Crippen LogP contribution in [0, 0.1) is 5.82 Å². The summed E-state index contributed by atoms with van der Waals surface area (Å²) < 4.78 is 25.6. The van der Waals surface area contributed by atoms with Crippen molar-refractivity contribution in [3.05, 3.63) is 48.3 Å². The fourth-order valence-corrected chi connectivity index (χ4v) is 1.84. The maximum absolute atomic E-state index is 13.5. The van der Waals surface area contributed by atoms with Crippen LogP contribution in [0.5, 0.6) is 5.75 Å². The van der Waals surface area contributed by atoms with E-state index in [1.807, 2.05) is 10.8 Å². The number of carbonyl (C=O) groups excluding carboxylic acids is 1. The van der Waals surface area contributed by atoms with Gasteiger partial charge in [0.2, 0.25) is 0 Å². The molecule has 0 atom stereocenters. The van der Waals surface area contributed by atoms with E-state index in [0.717, 1.165) is 6.07 Å². The second kappa shape index (κ2) is 8.14. The van der Waals surface area contributed by atoms with Gasteiger partial charge in [0.25, 0.3) is 5.91 Å². The molecule has 0 aliphatic carbocycles. The molecule has 0 bridgehead atoms. The second-order valence-corrected chi connectivity index (χ2v) is 4.52. The number of hydrogen-bond donors (Lipinski definition) is 1. The molecule has 0 saturated carbocycles. The lowest BCUT2D eigenvalue weighted by Crippen LogP contribution is -2.27. The fraction of sp³-hybridized carbons (Fsp3) is 0.333. The molecule has 0 spiro atoms. The first kappa shape index (κ1) is 16.0. The van der Waals surface area contributed by atoms with Gasteiger partial charge in [-0.05, 0) is 18.2 Å². The Morgan fingerprint density at radius 2 is 2.27 bits per heavy atom. The number of carbonyl (C=O) groups is 1. The van der Waals surface area contributed by atoms with Crippen LogP contribution in [0.2, 0.25) is 0 Å². The van der Waals surface area contributed by atoms with Gasteiger partial charge in [0.05, 0.1) is 26.7 Å². The van der Waals surface area contributed by atoms with E-state index >= 15 is 0 Å². The first-order valence-corrected chi connectivity index (χ1v) is 6.86. The lowest BCUT2D eigenvalue weighted by atomic mass is 10.2. The first-order chi connectivity index (χ1) is 10.7. The van der Waals surface area contributed by atoms with Gasteiger partial charge in [-0.1, -0.05) is 0 Å². The lowest BCUT2D eigenvalue weighted by molar-refractivity contribution is 0.0908. The van der Waals surface area contributed by atoms with Crippen LogP contribution >= 0.6 is 0 Å². The molecule has 1 heterocycles. The molecule has 0 radical (unpaired) electrons. The molecule has 0 saturated heterocycles. The van der Waals surface area contributed by atoms with Gasteiger partial charge < -0.3 is 19.4 Å². The van der Waals surface area contributed by atoms with Crippen molar-refractivity contribution in [1.82, 2.24) is 14.9 Å². The molecule has 1 N–H and O–H groups in total. The van der Waals surface area contributed by atoms with Gasteiger partial charge in [0.15, 0.2) is 11.6 Å². The SMILES string of the molecule is COc1ccc(C(=O)NCCOCCn2ccnc2)cc1F. The van der Waals surface area contributed by atoms with Crippen LogP contribution in [0.1, 0.15) is 10.4 Å². The molecule has 2 aromatic rings. The smallest absolute Gasteiger partial charge is 0.251 e. The van der Waals surface area contributed by atoms with E-state index in [4.69, 9.17) is 9.47 Å². The van der Waals surface area contributed by atoms with Crippen molar-refractivity contribution in [2.45, 2.75) is 6.54 Å². The number of amides is 1. The number of benzene rings is 1. The van der Waals surface area contributed by atoms with E-state index in [9.17, 15) is 9.18 Å². The lowest BCUT2D eigenvalue weighted by Gasteiger charge is -2.08. The number of nitrogens with zero attached hydrogens (tertiary/aromatic N) is 2. The number of hydrogen-bond acceptors (Lipinski definition) is 4. The maximum Gasteiger partial charge on any atom is 0.251 e. The number of methoxy groups -OCH3 is 1. The molecule has 2 rings (SSSR count). The van der Waals surface area contributed by atoms with Crippen molar-refractivity contribution in [1.29, 1.82) is 0 Å². The van der Waals surface area contributed by atoms with Gasteiger partial charge >= 0.3 is 0 Å². The van der Waals surface area contributed by atoms with Gasteiger partial charge in [0.1, 0.15) is 0 Å². The van der Waals surface area contributed by atoms with E-state index < -0.39 is 5.82 Å². The molecule has 118 valence electrons. The Morgan fingerprint density at radius 1 is 1.41 bits per heavy atom. The van der Waals surface area contributed by atoms with Crippen molar-refractivity contribution in [3.63, 3.8) is 0 Å². The topological polar surface area (TPSA) is 65.4 Å². The summed E-state index contributed by atoms with van der Waals surface area (Å²) in [6.07, 6.45) is 5.26. The minimum atomic E-state index is -0.563. The Balaban J connectivity index is 1.66. The first-order valence-electron chi connectivity index (χ1n) is 6.86. The highest BCUT2D eigenvalue weighted by molar-refractivity contribution is 5.94. The van der Waals surface area contributed by atoms with E-state index in [1.54, 1.807) is 12.5 Å². The van der Waals surface area contributed by atoms with Crippen molar-refractivity contribution >= 4 is 5.91 Å². The molecule has 22 heavy (non-hydrogen) atoms. The number of nitrogens with one attached hydrogen (secondary N) is 1. The van der Waals surface area contributed by atoms with Crippen LogP contribution in [0.3, 0.4) is 0 Å². The predicted molar refractivity (Wildman–Crippen MR) is 78.3 cm³/mol. The van der Waals surface area contributed by atoms with Crippen LogP contribution in [-0.4, -0.2) is 42.3 Å². The maximum atomic E-state index is 13.5. The third-order valence-electron chi connectivity index (χ3n) is 3.00. The van der Waals surface area contributed by atoms with E-state index in [1.165, 1.54) is 19.2 Å². The van der Waals surface area contributed by atoms with Crippen molar-refractivity contribution in [2.24, 2.45) is 0 Å². The summed E-state index contributed by atoms with van der Waals surface area (Å²) >= 11 is 0. The monoisotopic (exact) mass is 307 g/mol. The summed E-state index contributed by atoms with van der Waals surface area (Å²) in [6, 6.07) is 4.08. The zero-order chi connectivity index (χ0) is 15.8. The summed E-state index contributed by atoms with van der Waals surface area (Å²) in [5.41, 5.74) is 0.247. The van der Waals surface area contributed by atoms with Gasteiger partial charge in [-0.25, -0.2) is 9.37 Å². The van der Waals surface area contributed by atoms with E-state index in [0.29, 0.717) is 26.3 Å². The minimum absolute atomic E-state index is 0.111. The zero-order valence-corrected chi connectivity index (χ0v) is 12.3. The summed E-state index contributed by atoms with van der Waals surface area (Å²) in [4.78, 5) is 15.8. The second-order valence-electron chi connectivity index (χ2n) is 4.52. The highest BCUT2D eigenvalue weighted by atomic mass is 19.1. The number of ether oxygens (including phenoxy) is 2. The highest BCUT2D eigenvalue weighted by Crippen LogP contribution is 2.17. The standard InChI is InChI=1S/C15H18FN3O3/c1-21-14-3-2-12(10-13(14)16)15(20)18-5-8-22-9-7-19-6-4-17-11-19/h2-4,6,10-11H,5,7-9H2,1H3,(H,18,20). The number of rotatable bonds is 8. The molecule has 0 fully saturated rings. The molecular formula is C15H18FN3O3. The van der Waals surface area contributed by atoms with Crippen molar-refractivity contribution < 1.29 is 18.7 Å². The fourth-order valence-electron chi connectivity index (χ4n) is 1.84. The highest BCUT2D eigenvalue weighted by Gasteiger charge is 2.09. The Morgan fingerprint density at radius 3 is 2.95 bits per heavy atom. The summed E-state index contributed by atoms with van der Waals surface area (Å²) in [5, 5.41) is 2.67. The van der Waals surface area contributed by atoms with Crippen LogP contribution in [0.4, 0.5) is 4.39 Å². The summed E-state index contributed by atoms with van der Waals surface area (Å²) in [7, 11) is 1.37. The minimum Gasteiger partial charge on any atom is -0.494 e. The molecule has 0 aliphatic rings. The number of halogens is 1. The zero-order valence-electron chi connectivity index (χ0n) is 12.3. The Kier molecular flexibility index (Phi) is 5.91. The molecule has 0 unspecified atom stereocenters. The normalized spacial score (nSPS) is 10.5. The van der Waals surface area contributed by atoms with Gasteiger partial charge in [-0.3, -0.25) is 4.79 Å². The van der Waals surface area contributed by atoms with Crippen molar-refractivity contribution in [2.75, 3.05) is 26.9 Å². The molecule has 7 heteroatoms. The molecule has 1 amide bonds. The van der Waals surface area contributed by atoms with Crippen LogP contribution in [-0.2, 0) is 11.3 Å². The third-order valence-corrected chi connectivity index (χ3v) is 3.00. The third kappa shape index (κ3) is 4.56. The average molecular weight is 307 g/mol. The largest absolute Gasteiger partial charge is 0.494 e. The summed E-state index contributed by atoms with van der Waals surface area (Å²) in [5.74, 6) is -0.800. The van der Waals surface area contributed by atoms with Crippen LogP contribution in [0.25, 0.3) is 0 Å². The number of aromatic nitrogens is 2. The van der Waals surface area contributed by atoms with E-state index in [-0.39, 0.29) is 17.2 Å². The van der Waals surface area contributed by atoms with Crippen LogP contribution < -0.4 is 10.1 Å². The Bertz CT molecular complexity index is 602. The average Bonchev–Trinajstić information content (AvgIpc) is 3.03. The van der Waals surface area contributed by atoms with Crippen molar-refractivity contribution in [3.8, 4) is 5.75 Å². The number of imidazole rings is 1. The predicted octanol–water partition coefficient (Wildman–Crippen LogP) is 1.48. The van der Waals surface area contributed by atoms with Crippen LogP contribution in [0.15, 0.2) is 36.9 Å². The van der Waals surface area contributed by atoms with Gasteiger partial charge in [-0.2, -0.15) is 0 Å². The van der Waals surface area contributed by atoms with E-state index in [2.05, 4.69) is 10.3 Å². The molecule has 1 aromatic carbocycles. The van der Waals surface area contributed by atoms with Gasteiger partial charge in [-0.15, -0.1) is 0 Å². The summed E-state index contributed by atoms with van der Waals surface area (Å²) in [6.45, 7) is 1.98. The molecule has 1 aromatic heterocycles. The molecule has 0 aliphatic heterocycles. The Hall–Kier alpha value is -2.41. The molecule has 6 nitrogen and oxygen atoms in total.